The maximum atomic E-state index is 11.2. The molecule has 19 heavy (non-hydrogen) atoms. The molecule has 1 aromatic carbocycles. The van der Waals surface area contributed by atoms with Crippen molar-refractivity contribution in [1.29, 1.82) is 0 Å². The first-order valence-corrected chi connectivity index (χ1v) is 5.74. The number of hydrogen-bond acceptors (Lipinski definition) is 2. The van der Waals surface area contributed by atoms with Crippen LogP contribution in [0.5, 0.6) is 5.75 Å². The molecule has 0 aliphatic carbocycles. The molecule has 0 fully saturated rings. The minimum absolute atomic E-state index is 0.164. The maximum absolute atomic E-state index is 11.2. The second-order valence-electron chi connectivity index (χ2n) is 3.27. The van der Waals surface area contributed by atoms with Crippen molar-refractivity contribution in [2.45, 2.75) is 20.3 Å². The molecule has 0 N–H and O–H groups in total. The van der Waals surface area contributed by atoms with E-state index in [0.29, 0.717) is 6.42 Å². The van der Waals surface area contributed by atoms with Gasteiger partial charge in [0.2, 0.25) is 0 Å². The van der Waals surface area contributed by atoms with Crippen molar-refractivity contribution in [3.63, 3.8) is 0 Å². The van der Waals surface area contributed by atoms with Crippen LogP contribution in [0.15, 0.2) is 24.3 Å². The molecule has 96 valence electrons. The number of terminal acetylenes is 1. The van der Waals surface area contributed by atoms with Crippen LogP contribution in [-0.4, -0.2) is 12.9 Å². The zero-order valence-electron chi connectivity index (χ0n) is 11.4. The lowest BCUT2D eigenvalue weighted by Crippen LogP contribution is -1.95. The number of benzene rings is 1. The van der Waals surface area contributed by atoms with E-state index in [1.165, 1.54) is 0 Å². The summed E-state index contributed by atoms with van der Waals surface area (Å²) >= 11 is 0. The Morgan fingerprint density at radius 1 is 1.21 bits per heavy atom. The molecule has 2 nitrogen and oxygen atoms in total. The van der Waals surface area contributed by atoms with Gasteiger partial charge in [0.1, 0.15) is 5.75 Å². The highest BCUT2D eigenvalue weighted by Crippen LogP contribution is 2.12. The van der Waals surface area contributed by atoms with Crippen molar-refractivity contribution in [1.82, 2.24) is 0 Å². The van der Waals surface area contributed by atoms with Crippen LogP contribution < -0.4 is 4.74 Å². The zero-order chi connectivity index (χ0) is 14.5. The fraction of sp³-hybridized carbons (Fsp3) is 0.235. The van der Waals surface area contributed by atoms with E-state index in [-0.39, 0.29) is 5.78 Å². The largest absolute Gasteiger partial charge is 0.497 e. The molecular formula is C17H16O2. The Labute approximate surface area is 115 Å². The minimum atomic E-state index is 0.164. The SMILES string of the molecule is C#CC#CC#CC.CCC(=O)c1ccc(OC)cc1. The Bertz CT molecular complexity index is 552. The van der Waals surface area contributed by atoms with E-state index in [1.807, 2.05) is 6.92 Å². The number of carbonyl (C=O) groups excluding carboxylic acids is 1. The Morgan fingerprint density at radius 2 is 1.84 bits per heavy atom. The molecule has 0 radical (unpaired) electrons. The first-order valence-electron chi connectivity index (χ1n) is 5.74. The molecule has 0 aromatic heterocycles. The van der Waals surface area contributed by atoms with E-state index < -0.39 is 0 Å². The van der Waals surface area contributed by atoms with Gasteiger partial charge in [-0.2, -0.15) is 0 Å². The van der Waals surface area contributed by atoms with Crippen molar-refractivity contribution in [3.05, 3.63) is 29.8 Å². The quantitative estimate of drug-likeness (QED) is 0.610. The van der Waals surface area contributed by atoms with Crippen LogP contribution in [-0.2, 0) is 0 Å². The van der Waals surface area contributed by atoms with E-state index >= 15 is 0 Å². The lowest BCUT2D eigenvalue weighted by molar-refractivity contribution is 0.0988. The number of hydrogen-bond donors (Lipinski definition) is 0. The summed E-state index contributed by atoms with van der Waals surface area (Å²) in [7, 11) is 1.61. The number of carbonyl (C=O) groups is 1. The smallest absolute Gasteiger partial charge is 0.162 e. The van der Waals surface area contributed by atoms with Gasteiger partial charge in [-0.05, 0) is 54.9 Å². The average molecular weight is 252 g/mol. The molecule has 0 spiro atoms. The summed E-state index contributed by atoms with van der Waals surface area (Å²) in [5.74, 6) is 13.0. The Balaban J connectivity index is 0.000000399. The van der Waals surface area contributed by atoms with E-state index in [0.717, 1.165) is 11.3 Å². The van der Waals surface area contributed by atoms with E-state index in [9.17, 15) is 4.79 Å². The number of methoxy groups -OCH3 is 1. The summed E-state index contributed by atoms with van der Waals surface area (Å²) in [4.78, 5) is 11.2. The van der Waals surface area contributed by atoms with Crippen molar-refractivity contribution in [3.8, 4) is 41.8 Å². The first-order chi connectivity index (χ1) is 9.19. The molecule has 2 heteroatoms. The van der Waals surface area contributed by atoms with Crippen LogP contribution >= 0.6 is 0 Å². The highest BCUT2D eigenvalue weighted by molar-refractivity contribution is 5.95. The Morgan fingerprint density at radius 3 is 2.26 bits per heavy atom. The van der Waals surface area contributed by atoms with Crippen molar-refractivity contribution < 1.29 is 9.53 Å². The van der Waals surface area contributed by atoms with Gasteiger partial charge in [-0.3, -0.25) is 4.79 Å². The number of ether oxygens (including phenoxy) is 1. The average Bonchev–Trinajstić information content (AvgIpc) is 2.48. The molecule has 0 aliphatic rings. The predicted octanol–water partition coefficient (Wildman–Crippen LogP) is 2.93. The van der Waals surface area contributed by atoms with Crippen LogP contribution in [0.25, 0.3) is 0 Å². The van der Waals surface area contributed by atoms with Crippen molar-refractivity contribution in [2.75, 3.05) is 7.11 Å². The second-order valence-corrected chi connectivity index (χ2v) is 3.27. The molecular weight excluding hydrogens is 236 g/mol. The van der Waals surface area contributed by atoms with E-state index in [2.05, 4.69) is 29.6 Å². The van der Waals surface area contributed by atoms with E-state index in [4.69, 9.17) is 11.2 Å². The number of Topliss-reactive ketones (excluding diaryl/α,β-unsaturated/α-hetero) is 1. The van der Waals surface area contributed by atoms with Crippen LogP contribution in [0.1, 0.15) is 30.6 Å². The molecule has 0 amide bonds. The molecule has 0 atom stereocenters. The highest BCUT2D eigenvalue weighted by atomic mass is 16.5. The fourth-order valence-electron chi connectivity index (χ4n) is 1.11. The summed E-state index contributed by atoms with van der Waals surface area (Å²) in [6.07, 6.45) is 5.33. The molecule has 0 bridgehead atoms. The van der Waals surface area contributed by atoms with E-state index in [1.54, 1.807) is 38.3 Å². The van der Waals surface area contributed by atoms with Gasteiger partial charge >= 0.3 is 0 Å². The van der Waals surface area contributed by atoms with Gasteiger partial charge in [0.25, 0.3) is 0 Å². The first kappa shape index (κ1) is 16.4. The summed E-state index contributed by atoms with van der Waals surface area (Å²) in [6, 6.07) is 7.15. The summed E-state index contributed by atoms with van der Waals surface area (Å²) in [5.41, 5.74) is 0.748. The number of ketones is 1. The van der Waals surface area contributed by atoms with Gasteiger partial charge in [-0.25, -0.2) is 0 Å². The Hall–Kier alpha value is -2.63. The molecule has 0 aliphatic heterocycles. The van der Waals surface area contributed by atoms with Gasteiger partial charge in [0.05, 0.1) is 7.11 Å². The standard InChI is InChI=1S/C10H12O2.C7H4/c1-3-10(11)8-4-6-9(12-2)7-5-8;1-3-5-7-6-4-2/h4-7H,3H2,1-2H3;1H,2H3. The Kier molecular flexibility index (Phi) is 9.06. The fourth-order valence-corrected chi connectivity index (χ4v) is 1.11. The van der Waals surface area contributed by atoms with Gasteiger partial charge < -0.3 is 4.74 Å². The van der Waals surface area contributed by atoms with Crippen LogP contribution in [0.3, 0.4) is 0 Å². The molecule has 1 aromatic rings. The number of rotatable bonds is 3. The van der Waals surface area contributed by atoms with Gasteiger partial charge in [0.15, 0.2) is 5.78 Å². The third kappa shape index (κ3) is 7.32. The molecule has 0 saturated heterocycles. The lowest BCUT2D eigenvalue weighted by atomic mass is 10.1. The lowest BCUT2D eigenvalue weighted by Gasteiger charge is -2.00. The van der Waals surface area contributed by atoms with Crippen LogP contribution in [0.4, 0.5) is 0 Å². The second kappa shape index (κ2) is 10.5. The van der Waals surface area contributed by atoms with Gasteiger partial charge in [0, 0.05) is 12.0 Å². The predicted molar refractivity (Wildman–Crippen MR) is 77.7 cm³/mol. The van der Waals surface area contributed by atoms with Crippen LogP contribution in [0, 0.1) is 36.0 Å². The minimum Gasteiger partial charge on any atom is -0.497 e. The molecule has 1 rings (SSSR count). The molecule has 0 heterocycles. The van der Waals surface area contributed by atoms with Gasteiger partial charge in [-0.1, -0.05) is 12.8 Å². The third-order valence-corrected chi connectivity index (χ3v) is 2.06. The van der Waals surface area contributed by atoms with Gasteiger partial charge in [-0.15, -0.1) is 6.42 Å². The van der Waals surface area contributed by atoms with Crippen molar-refractivity contribution in [2.24, 2.45) is 0 Å². The molecule has 0 saturated carbocycles. The van der Waals surface area contributed by atoms with Crippen molar-refractivity contribution >= 4 is 5.78 Å². The monoisotopic (exact) mass is 252 g/mol. The zero-order valence-corrected chi connectivity index (χ0v) is 11.4. The summed E-state index contributed by atoms with van der Waals surface area (Å²) in [5, 5.41) is 0. The topological polar surface area (TPSA) is 26.3 Å². The highest BCUT2D eigenvalue weighted by Gasteiger charge is 2.01. The normalized spacial score (nSPS) is 7.26. The summed E-state index contributed by atoms with van der Waals surface area (Å²) < 4.78 is 4.97. The third-order valence-electron chi connectivity index (χ3n) is 2.06. The van der Waals surface area contributed by atoms with Crippen LogP contribution in [0.2, 0.25) is 0 Å². The molecule has 0 unspecified atom stereocenters. The maximum Gasteiger partial charge on any atom is 0.162 e. The summed E-state index contributed by atoms with van der Waals surface area (Å²) in [6.45, 7) is 3.57.